The van der Waals surface area contributed by atoms with E-state index in [1.54, 1.807) is 8.61 Å². The predicted octanol–water partition coefficient (Wildman–Crippen LogP) is 3.68. The van der Waals surface area contributed by atoms with E-state index >= 15 is 0 Å². The van der Waals surface area contributed by atoms with Gasteiger partial charge < -0.3 is 4.90 Å². The molecule has 0 N–H and O–H groups in total. The van der Waals surface area contributed by atoms with Crippen molar-refractivity contribution in [1.29, 1.82) is 0 Å². The average Bonchev–Trinajstić information content (AvgIpc) is 3.27. The molecule has 198 valence electrons. The van der Waals surface area contributed by atoms with Gasteiger partial charge in [-0.25, -0.2) is 21.1 Å². The average molecular weight is 526 g/mol. The van der Waals surface area contributed by atoms with Crippen LogP contribution in [-0.4, -0.2) is 81.4 Å². The second-order valence-electron chi connectivity index (χ2n) is 10.9. The largest absolute Gasteiger partial charge is 0.303 e. The van der Waals surface area contributed by atoms with Crippen LogP contribution in [0, 0.1) is 26.7 Å². The van der Waals surface area contributed by atoms with E-state index in [4.69, 9.17) is 0 Å². The topological polar surface area (TPSA) is 78.0 Å². The number of hydrogen-bond donors (Lipinski definition) is 0. The summed E-state index contributed by atoms with van der Waals surface area (Å²) < 4.78 is 55.9. The first kappa shape index (κ1) is 27.0. The van der Waals surface area contributed by atoms with E-state index in [1.807, 2.05) is 32.9 Å². The Hall–Kier alpha value is -1.00. The van der Waals surface area contributed by atoms with Gasteiger partial charge in [-0.05, 0) is 109 Å². The van der Waals surface area contributed by atoms with Gasteiger partial charge in [-0.3, -0.25) is 0 Å². The number of benzene rings is 1. The van der Waals surface area contributed by atoms with Crippen LogP contribution >= 0.6 is 0 Å². The molecule has 3 heterocycles. The summed E-state index contributed by atoms with van der Waals surface area (Å²) in [5, 5.41) is 0. The third kappa shape index (κ3) is 6.29. The number of hydrogen-bond acceptors (Lipinski definition) is 5. The van der Waals surface area contributed by atoms with Crippen LogP contribution in [-0.2, 0) is 20.0 Å². The third-order valence-corrected chi connectivity index (χ3v) is 12.4. The maximum absolute atomic E-state index is 13.3. The Morgan fingerprint density at radius 3 is 2.03 bits per heavy atom. The van der Waals surface area contributed by atoms with E-state index in [1.165, 1.54) is 32.4 Å². The van der Waals surface area contributed by atoms with E-state index in [0.29, 0.717) is 43.3 Å². The molecule has 35 heavy (non-hydrogen) atoms. The van der Waals surface area contributed by atoms with Crippen LogP contribution < -0.4 is 0 Å². The van der Waals surface area contributed by atoms with Crippen LogP contribution in [0.1, 0.15) is 68.1 Å². The molecule has 0 spiro atoms. The molecule has 0 amide bonds. The van der Waals surface area contributed by atoms with Crippen molar-refractivity contribution in [3.05, 3.63) is 28.8 Å². The van der Waals surface area contributed by atoms with Crippen LogP contribution in [0.5, 0.6) is 0 Å². The van der Waals surface area contributed by atoms with Gasteiger partial charge >= 0.3 is 0 Å². The Bertz CT molecular complexity index is 1070. The molecule has 0 saturated carbocycles. The van der Waals surface area contributed by atoms with Crippen molar-refractivity contribution < 1.29 is 16.8 Å². The van der Waals surface area contributed by atoms with Crippen molar-refractivity contribution in [3.8, 4) is 0 Å². The molecule has 9 heteroatoms. The lowest BCUT2D eigenvalue weighted by Gasteiger charge is -2.40. The maximum atomic E-state index is 13.3. The molecule has 0 aliphatic carbocycles. The minimum atomic E-state index is -3.56. The van der Waals surface area contributed by atoms with Crippen molar-refractivity contribution in [3.63, 3.8) is 0 Å². The predicted molar refractivity (Wildman–Crippen MR) is 141 cm³/mol. The Balaban J connectivity index is 1.24. The summed E-state index contributed by atoms with van der Waals surface area (Å²) in [6.07, 6.45) is 7.60. The standard InChI is InChI=1S/C26H43N3O4S2/c1-21-19-22(2)26(23(3)20-21)35(32,33)29-17-11-25(29)7-6-18-34(30,31)28-15-9-24(10-16-28)8-14-27-12-4-5-13-27/h19-20,24-25H,4-18H2,1-3H3/t25-/m1/s1. The summed E-state index contributed by atoms with van der Waals surface area (Å²) in [6, 6.07) is 3.72. The molecule has 3 saturated heterocycles. The van der Waals surface area contributed by atoms with Gasteiger partial charge in [0.1, 0.15) is 0 Å². The molecule has 0 bridgehead atoms. The van der Waals surface area contributed by atoms with E-state index in [2.05, 4.69) is 4.90 Å². The Morgan fingerprint density at radius 1 is 0.829 bits per heavy atom. The van der Waals surface area contributed by atoms with Gasteiger partial charge in [0.2, 0.25) is 20.0 Å². The number of nitrogens with zero attached hydrogens (tertiary/aromatic N) is 3. The SMILES string of the molecule is Cc1cc(C)c(S(=O)(=O)N2CC[C@H]2CCCS(=O)(=O)N2CCC(CCN3CCCC3)CC2)c(C)c1. The molecule has 1 atom stereocenters. The van der Waals surface area contributed by atoms with Crippen LogP contribution in [0.25, 0.3) is 0 Å². The highest BCUT2D eigenvalue weighted by atomic mass is 32.2. The summed E-state index contributed by atoms with van der Waals surface area (Å²) in [5.41, 5.74) is 2.61. The van der Waals surface area contributed by atoms with Crippen molar-refractivity contribution in [2.75, 3.05) is 45.0 Å². The number of sulfonamides is 2. The first-order valence-corrected chi connectivity index (χ1v) is 16.4. The fraction of sp³-hybridized carbons (Fsp3) is 0.769. The molecule has 1 aromatic carbocycles. The highest BCUT2D eigenvalue weighted by Crippen LogP contribution is 2.33. The van der Waals surface area contributed by atoms with Crippen molar-refractivity contribution in [2.24, 2.45) is 5.92 Å². The minimum Gasteiger partial charge on any atom is -0.303 e. The summed E-state index contributed by atoms with van der Waals surface area (Å²) in [4.78, 5) is 2.95. The zero-order chi connectivity index (χ0) is 25.2. The summed E-state index contributed by atoms with van der Waals surface area (Å²) in [7, 11) is -6.85. The van der Waals surface area contributed by atoms with Crippen LogP contribution in [0.15, 0.2) is 17.0 Å². The highest BCUT2D eigenvalue weighted by Gasteiger charge is 2.39. The van der Waals surface area contributed by atoms with Gasteiger partial charge in [0.05, 0.1) is 10.6 Å². The minimum absolute atomic E-state index is 0.105. The van der Waals surface area contributed by atoms with Crippen LogP contribution in [0.3, 0.4) is 0 Å². The molecule has 7 nitrogen and oxygen atoms in total. The zero-order valence-corrected chi connectivity index (χ0v) is 23.3. The fourth-order valence-electron chi connectivity index (χ4n) is 6.19. The molecule has 3 aliphatic rings. The van der Waals surface area contributed by atoms with Gasteiger partial charge in [0, 0.05) is 25.7 Å². The number of likely N-dealkylation sites (tertiary alicyclic amines) is 1. The highest BCUT2D eigenvalue weighted by molar-refractivity contribution is 7.89. The van der Waals surface area contributed by atoms with Crippen molar-refractivity contribution in [2.45, 2.75) is 83.1 Å². The number of rotatable bonds is 10. The molecule has 3 aliphatic heterocycles. The number of piperidine rings is 1. The second-order valence-corrected chi connectivity index (χ2v) is 14.8. The zero-order valence-electron chi connectivity index (χ0n) is 21.7. The summed E-state index contributed by atoms with van der Waals surface area (Å²) in [6.45, 7) is 11.0. The molecular formula is C26H43N3O4S2. The van der Waals surface area contributed by atoms with Gasteiger partial charge in [-0.15, -0.1) is 0 Å². The molecule has 0 aromatic heterocycles. The molecular weight excluding hydrogens is 482 g/mol. The molecule has 0 radical (unpaired) electrons. The van der Waals surface area contributed by atoms with Crippen molar-refractivity contribution >= 4 is 20.0 Å². The van der Waals surface area contributed by atoms with Gasteiger partial charge in [-0.2, -0.15) is 4.31 Å². The number of aryl methyl sites for hydroxylation is 3. The molecule has 1 aromatic rings. The van der Waals surface area contributed by atoms with E-state index in [9.17, 15) is 16.8 Å². The Morgan fingerprint density at radius 2 is 1.46 bits per heavy atom. The first-order chi connectivity index (χ1) is 16.6. The van der Waals surface area contributed by atoms with Crippen molar-refractivity contribution in [1.82, 2.24) is 13.5 Å². The quantitative estimate of drug-likeness (QED) is 0.466. The maximum Gasteiger partial charge on any atom is 0.243 e. The second kappa shape index (κ2) is 11.2. The Labute approximate surface area is 213 Å². The van der Waals surface area contributed by atoms with E-state index < -0.39 is 20.0 Å². The van der Waals surface area contributed by atoms with E-state index in [0.717, 1.165) is 42.5 Å². The smallest absolute Gasteiger partial charge is 0.243 e. The normalized spacial score (nSPS) is 23.6. The van der Waals surface area contributed by atoms with Gasteiger partial charge in [-0.1, -0.05) is 17.7 Å². The monoisotopic (exact) mass is 525 g/mol. The molecule has 3 fully saturated rings. The third-order valence-electron chi connectivity index (χ3n) is 8.22. The molecule has 4 rings (SSSR count). The summed E-state index contributed by atoms with van der Waals surface area (Å²) >= 11 is 0. The van der Waals surface area contributed by atoms with Gasteiger partial charge in [0.15, 0.2) is 0 Å². The fourth-order valence-corrected chi connectivity index (χ4v) is 9.86. The lowest BCUT2D eigenvalue weighted by molar-refractivity contribution is 0.187. The molecule has 0 unspecified atom stereocenters. The lowest BCUT2D eigenvalue weighted by atomic mass is 9.94. The summed E-state index contributed by atoms with van der Waals surface area (Å²) in [5.74, 6) is 0.739. The van der Waals surface area contributed by atoms with E-state index in [-0.39, 0.29) is 11.8 Å². The lowest BCUT2D eigenvalue weighted by Crippen LogP contribution is -2.51. The Kier molecular flexibility index (Phi) is 8.63. The van der Waals surface area contributed by atoms with Gasteiger partial charge in [0.25, 0.3) is 0 Å². The first-order valence-electron chi connectivity index (χ1n) is 13.4. The van der Waals surface area contributed by atoms with Crippen LogP contribution in [0.4, 0.5) is 0 Å². The van der Waals surface area contributed by atoms with Crippen LogP contribution in [0.2, 0.25) is 0 Å².